The summed E-state index contributed by atoms with van der Waals surface area (Å²) in [5.41, 5.74) is 2.36. The van der Waals surface area contributed by atoms with Crippen LogP contribution in [0.4, 0.5) is 10.1 Å². The number of hydrogen-bond donors (Lipinski definition) is 2. The van der Waals surface area contributed by atoms with Gasteiger partial charge in [0.25, 0.3) is 0 Å². The topological polar surface area (TPSA) is 64.7 Å². The second-order valence-electron chi connectivity index (χ2n) is 9.21. The molecular formula is C23H33FN4O2. The average Bonchev–Trinajstić information content (AvgIpc) is 3.39. The van der Waals surface area contributed by atoms with Gasteiger partial charge in [-0.25, -0.2) is 4.39 Å². The van der Waals surface area contributed by atoms with Crippen molar-refractivity contribution in [3.8, 4) is 0 Å². The van der Waals surface area contributed by atoms with Gasteiger partial charge in [0.05, 0.1) is 0 Å². The van der Waals surface area contributed by atoms with E-state index in [0.29, 0.717) is 18.0 Å². The Labute approximate surface area is 178 Å². The first-order valence-corrected chi connectivity index (χ1v) is 11.2. The quantitative estimate of drug-likeness (QED) is 0.792. The maximum atomic E-state index is 14.1. The Morgan fingerprint density at radius 1 is 1.27 bits per heavy atom. The minimum Gasteiger partial charge on any atom is -0.373 e. The number of amides is 2. The van der Waals surface area contributed by atoms with E-state index in [-0.39, 0.29) is 29.7 Å². The lowest BCUT2D eigenvalue weighted by molar-refractivity contribution is -0.129. The molecule has 3 aliphatic rings. The number of anilines is 1. The Hall–Kier alpha value is -2.15. The Morgan fingerprint density at radius 2 is 2.07 bits per heavy atom. The molecule has 2 aliphatic heterocycles. The van der Waals surface area contributed by atoms with E-state index in [1.165, 1.54) is 6.07 Å². The number of likely N-dealkylation sites (tertiary alicyclic amines) is 1. The fourth-order valence-corrected chi connectivity index (χ4v) is 5.33. The molecule has 0 aromatic heterocycles. The molecule has 0 radical (unpaired) electrons. The zero-order chi connectivity index (χ0) is 21.4. The van der Waals surface area contributed by atoms with Crippen LogP contribution in [0.25, 0.3) is 0 Å². The van der Waals surface area contributed by atoms with Crippen LogP contribution in [0.15, 0.2) is 12.1 Å². The van der Waals surface area contributed by atoms with Gasteiger partial charge in [0.2, 0.25) is 11.8 Å². The fraction of sp³-hybridized carbons (Fsp3) is 0.652. The molecule has 4 rings (SSSR count). The van der Waals surface area contributed by atoms with Crippen LogP contribution in [-0.2, 0) is 16.0 Å². The van der Waals surface area contributed by atoms with Gasteiger partial charge in [-0.15, -0.1) is 0 Å². The van der Waals surface area contributed by atoms with Gasteiger partial charge < -0.3 is 15.5 Å². The number of aryl methyl sites for hydroxylation is 1. The summed E-state index contributed by atoms with van der Waals surface area (Å²) < 4.78 is 14.1. The third kappa shape index (κ3) is 4.17. The summed E-state index contributed by atoms with van der Waals surface area (Å²) >= 11 is 0. The largest absolute Gasteiger partial charge is 0.373 e. The second kappa shape index (κ2) is 8.53. The van der Waals surface area contributed by atoms with E-state index in [1.807, 2.05) is 18.9 Å². The maximum absolute atomic E-state index is 14.1. The zero-order valence-electron chi connectivity index (χ0n) is 18.2. The van der Waals surface area contributed by atoms with Crippen molar-refractivity contribution >= 4 is 17.5 Å². The Bertz CT molecular complexity index is 799. The van der Waals surface area contributed by atoms with Gasteiger partial charge in [-0.3, -0.25) is 14.5 Å². The highest BCUT2D eigenvalue weighted by atomic mass is 19.1. The molecule has 2 heterocycles. The van der Waals surface area contributed by atoms with Gasteiger partial charge >= 0.3 is 0 Å². The summed E-state index contributed by atoms with van der Waals surface area (Å²) in [6.45, 7) is 5.48. The van der Waals surface area contributed by atoms with E-state index in [0.717, 1.165) is 56.4 Å². The number of carbonyl (C=O) groups excluding carboxylic acids is 2. The van der Waals surface area contributed by atoms with Crippen LogP contribution in [-0.4, -0.2) is 65.9 Å². The average molecular weight is 417 g/mol. The molecule has 1 aromatic carbocycles. The van der Waals surface area contributed by atoms with Crippen LogP contribution in [0.5, 0.6) is 0 Å². The Morgan fingerprint density at radius 3 is 2.80 bits per heavy atom. The summed E-state index contributed by atoms with van der Waals surface area (Å²) in [6, 6.07) is 3.71. The molecule has 6 nitrogen and oxygen atoms in total. The zero-order valence-corrected chi connectivity index (χ0v) is 18.2. The van der Waals surface area contributed by atoms with Crippen LogP contribution in [0.3, 0.4) is 0 Å². The van der Waals surface area contributed by atoms with Crippen molar-refractivity contribution in [2.45, 2.75) is 76.5 Å². The van der Waals surface area contributed by atoms with Crippen molar-refractivity contribution in [3.05, 3.63) is 29.1 Å². The van der Waals surface area contributed by atoms with Crippen molar-refractivity contribution in [1.29, 1.82) is 0 Å². The highest BCUT2D eigenvalue weighted by Gasteiger charge is 2.36. The lowest BCUT2D eigenvalue weighted by atomic mass is 9.89. The Balaban J connectivity index is 1.32. The van der Waals surface area contributed by atoms with Gasteiger partial charge in [-0.1, -0.05) is 6.07 Å². The molecule has 2 fully saturated rings. The molecule has 2 N–H and O–H groups in total. The van der Waals surface area contributed by atoms with E-state index >= 15 is 0 Å². The molecule has 30 heavy (non-hydrogen) atoms. The first-order chi connectivity index (χ1) is 14.3. The van der Waals surface area contributed by atoms with Crippen molar-refractivity contribution in [3.63, 3.8) is 0 Å². The van der Waals surface area contributed by atoms with E-state index in [9.17, 15) is 14.0 Å². The maximum Gasteiger partial charge on any atom is 0.243 e. The van der Waals surface area contributed by atoms with E-state index in [2.05, 4.69) is 15.5 Å². The first kappa shape index (κ1) is 21.1. The van der Waals surface area contributed by atoms with Crippen LogP contribution >= 0.6 is 0 Å². The molecule has 1 aliphatic carbocycles. The number of likely N-dealkylation sites (N-methyl/N-ethyl adjacent to an activating group) is 1. The number of fused-ring (bicyclic) bond motifs is 1. The molecule has 1 unspecified atom stereocenters. The van der Waals surface area contributed by atoms with Gasteiger partial charge in [-0.2, -0.15) is 0 Å². The number of halogens is 1. The number of benzene rings is 1. The molecule has 164 valence electrons. The molecule has 7 heteroatoms. The van der Waals surface area contributed by atoms with Gasteiger partial charge in [0, 0.05) is 62.9 Å². The Kier molecular flexibility index (Phi) is 6.00. The predicted molar refractivity (Wildman–Crippen MR) is 115 cm³/mol. The summed E-state index contributed by atoms with van der Waals surface area (Å²) in [6.07, 6.45) is 5.57. The molecule has 0 bridgehead atoms. The lowest BCUT2D eigenvalue weighted by Crippen LogP contribution is -2.49. The SMILES string of the molecule is CC(=O)N(C)[C@@H]1CCN([C@H]2CCC[C@@H](NC(=O)C3Cc4c(F)ccc(C)c4N3)C2)C1. The number of nitrogens with zero attached hydrogens (tertiary/aromatic N) is 2. The molecule has 2 amide bonds. The third-order valence-corrected chi connectivity index (χ3v) is 7.26. The molecule has 1 aromatic rings. The summed E-state index contributed by atoms with van der Waals surface area (Å²) in [7, 11) is 1.89. The van der Waals surface area contributed by atoms with Gasteiger partial charge in [0.15, 0.2) is 0 Å². The van der Waals surface area contributed by atoms with Crippen LogP contribution in [0.1, 0.15) is 50.2 Å². The first-order valence-electron chi connectivity index (χ1n) is 11.2. The van der Waals surface area contributed by atoms with Crippen molar-refractivity contribution in [2.75, 3.05) is 25.5 Å². The van der Waals surface area contributed by atoms with Crippen LogP contribution < -0.4 is 10.6 Å². The predicted octanol–water partition coefficient (Wildman–Crippen LogP) is 2.45. The summed E-state index contributed by atoms with van der Waals surface area (Å²) in [5, 5.41) is 6.45. The summed E-state index contributed by atoms with van der Waals surface area (Å²) in [4.78, 5) is 28.9. The second-order valence-corrected chi connectivity index (χ2v) is 9.21. The molecule has 1 saturated heterocycles. The van der Waals surface area contributed by atoms with Crippen molar-refractivity contribution in [2.24, 2.45) is 0 Å². The molecular weight excluding hydrogens is 383 g/mol. The summed E-state index contributed by atoms with van der Waals surface area (Å²) in [5.74, 6) is -0.158. The fourth-order valence-electron chi connectivity index (χ4n) is 5.33. The van der Waals surface area contributed by atoms with E-state index in [4.69, 9.17) is 0 Å². The smallest absolute Gasteiger partial charge is 0.243 e. The van der Waals surface area contributed by atoms with Crippen LogP contribution in [0.2, 0.25) is 0 Å². The number of rotatable bonds is 4. The number of hydrogen-bond acceptors (Lipinski definition) is 4. The minimum absolute atomic E-state index is 0.0359. The van der Waals surface area contributed by atoms with Crippen molar-refractivity contribution < 1.29 is 14.0 Å². The minimum atomic E-state index is -0.406. The number of carbonyl (C=O) groups is 2. The van der Waals surface area contributed by atoms with Crippen LogP contribution in [0, 0.1) is 12.7 Å². The van der Waals surface area contributed by atoms with Gasteiger partial charge in [0.1, 0.15) is 11.9 Å². The number of nitrogens with one attached hydrogen (secondary N) is 2. The molecule has 0 spiro atoms. The monoisotopic (exact) mass is 416 g/mol. The molecule has 1 saturated carbocycles. The molecule has 4 atom stereocenters. The van der Waals surface area contributed by atoms with E-state index in [1.54, 1.807) is 13.0 Å². The van der Waals surface area contributed by atoms with Crippen molar-refractivity contribution in [1.82, 2.24) is 15.1 Å². The van der Waals surface area contributed by atoms with E-state index < -0.39 is 6.04 Å². The highest BCUT2D eigenvalue weighted by molar-refractivity contribution is 5.88. The normalized spacial score (nSPS) is 28.7. The highest BCUT2D eigenvalue weighted by Crippen LogP contribution is 2.32. The van der Waals surface area contributed by atoms with Gasteiger partial charge in [-0.05, 0) is 50.7 Å². The third-order valence-electron chi connectivity index (χ3n) is 7.26. The standard InChI is InChI=1S/C23H33FN4O2/c1-14-7-8-20(24)19-12-21(26-22(14)19)23(30)25-16-5-4-6-17(11-16)28-10-9-18(13-28)27(3)15(2)29/h7-8,16-18,21,26H,4-6,9-13H2,1-3H3,(H,25,30)/t16-,17+,18-,21?/m1/s1. The lowest BCUT2D eigenvalue weighted by Gasteiger charge is -2.36.